The Morgan fingerprint density at radius 2 is 1.85 bits per heavy atom. The van der Waals surface area contributed by atoms with Crippen LogP contribution in [0.4, 0.5) is 16.2 Å². The Kier molecular flexibility index (Phi) is 3.65. The minimum absolute atomic E-state index is 0.0985. The van der Waals surface area contributed by atoms with Crippen molar-refractivity contribution in [2.24, 2.45) is 0 Å². The molecule has 2 aromatic carbocycles. The highest BCUT2D eigenvalue weighted by Gasteiger charge is 2.22. The Bertz CT molecular complexity index is 642. The number of hydrogen-bond acceptors (Lipinski definition) is 2. The lowest BCUT2D eigenvalue weighted by atomic mass is 10.0. The highest BCUT2D eigenvalue weighted by atomic mass is 32.1. The number of para-hydroxylation sites is 2. The predicted molar refractivity (Wildman–Crippen MR) is 84.8 cm³/mol. The zero-order chi connectivity index (χ0) is 13.9. The second-order valence-corrected chi connectivity index (χ2v) is 5.31. The van der Waals surface area contributed by atoms with E-state index >= 15 is 0 Å². The molecule has 0 aromatic heterocycles. The molecule has 102 valence electrons. The summed E-state index contributed by atoms with van der Waals surface area (Å²) in [5, 5.41) is 2.93. The number of anilines is 2. The zero-order valence-electron chi connectivity index (χ0n) is 11.0. The van der Waals surface area contributed by atoms with Gasteiger partial charge in [-0.2, -0.15) is 0 Å². The number of rotatable bonds is 1. The van der Waals surface area contributed by atoms with Gasteiger partial charge < -0.3 is 5.32 Å². The van der Waals surface area contributed by atoms with Gasteiger partial charge in [0.2, 0.25) is 0 Å². The van der Waals surface area contributed by atoms with Crippen LogP contribution in [0.25, 0.3) is 0 Å². The first-order valence-electron chi connectivity index (χ1n) is 6.70. The first-order valence-corrected chi connectivity index (χ1v) is 7.15. The van der Waals surface area contributed by atoms with Gasteiger partial charge in [0, 0.05) is 17.1 Å². The highest BCUT2D eigenvalue weighted by molar-refractivity contribution is 7.80. The van der Waals surface area contributed by atoms with E-state index in [4.69, 9.17) is 0 Å². The van der Waals surface area contributed by atoms with Gasteiger partial charge in [-0.1, -0.05) is 30.3 Å². The maximum absolute atomic E-state index is 12.5. The third kappa shape index (κ3) is 2.51. The summed E-state index contributed by atoms with van der Waals surface area (Å²) in [5.74, 6) is 0. The van der Waals surface area contributed by atoms with Gasteiger partial charge in [0.1, 0.15) is 0 Å². The fraction of sp³-hybridized carbons (Fsp3) is 0.188. The Balaban J connectivity index is 1.84. The highest BCUT2D eigenvalue weighted by Crippen LogP contribution is 2.28. The first-order chi connectivity index (χ1) is 9.75. The summed E-state index contributed by atoms with van der Waals surface area (Å²) >= 11 is 4.36. The molecule has 0 saturated heterocycles. The molecule has 3 nitrogen and oxygen atoms in total. The van der Waals surface area contributed by atoms with Crippen LogP contribution >= 0.6 is 12.6 Å². The number of urea groups is 1. The molecule has 0 atom stereocenters. The molecule has 0 aliphatic carbocycles. The molecule has 0 saturated carbocycles. The summed E-state index contributed by atoms with van der Waals surface area (Å²) in [6.45, 7) is 0.748. The van der Waals surface area contributed by atoms with Gasteiger partial charge in [-0.15, -0.1) is 12.6 Å². The average Bonchev–Trinajstić information content (AvgIpc) is 2.49. The van der Waals surface area contributed by atoms with Gasteiger partial charge in [-0.3, -0.25) is 4.90 Å². The van der Waals surface area contributed by atoms with Gasteiger partial charge in [0.05, 0.1) is 5.69 Å². The zero-order valence-corrected chi connectivity index (χ0v) is 11.9. The van der Waals surface area contributed by atoms with Gasteiger partial charge >= 0.3 is 6.03 Å². The molecule has 0 bridgehead atoms. The second-order valence-electron chi connectivity index (χ2n) is 4.83. The first kappa shape index (κ1) is 13.1. The van der Waals surface area contributed by atoms with Crippen molar-refractivity contribution in [3.05, 3.63) is 54.1 Å². The number of carbonyl (C=O) groups is 1. The van der Waals surface area contributed by atoms with E-state index in [1.165, 1.54) is 5.56 Å². The lowest BCUT2D eigenvalue weighted by Crippen LogP contribution is -2.38. The summed E-state index contributed by atoms with van der Waals surface area (Å²) < 4.78 is 0. The average molecular weight is 284 g/mol. The molecular formula is C16H16N2OS. The molecule has 0 spiro atoms. The Morgan fingerprint density at radius 1 is 1.10 bits per heavy atom. The van der Waals surface area contributed by atoms with Crippen LogP contribution in [-0.2, 0) is 6.42 Å². The lowest BCUT2D eigenvalue weighted by Gasteiger charge is -2.29. The minimum atomic E-state index is -0.0985. The molecule has 2 amide bonds. The van der Waals surface area contributed by atoms with E-state index in [1.54, 1.807) is 4.90 Å². The molecule has 0 unspecified atom stereocenters. The van der Waals surface area contributed by atoms with E-state index in [-0.39, 0.29) is 6.03 Å². The van der Waals surface area contributed by atoms with E-state index < -0.39 is 0 Å². The summed E-state index contributed by atoms with van der Waals surface area (Å²) in [5.41, 5.74) is 2.98. The third-order valence-corrected chi connectivity index (χ3v) is 3.89. The molecule has 20 heavy (non-hydrogen) atoms. The Morgan fingerprint density at radius 3 is 2.70 bits per heavy atom. The quantitative estimate of drug-likeness (QED) is 0.763. The maximum atomic E-state index is 12.5. The van der Waals surface area contributed by atoms with Crippen LogP contribution in [0.5, 0.6) is 0 Å². The van der Waals surface area contributed by atoms with Gasteiger partial charge in [-0.05, 0) is 36.6 Å². The van der Waals surface area contributed by atoms with Crippen molar-refractivity contribution in [1.82, 2.24) is 0 Å². The summed E-state index contributed by atoms with van der Waals surface area (Å²) in [6.07, 6.45) is 2.02. The predicted octanol–water partition coefficient (Wildman–Crippen LogP) is 3.96. The van der Waals surface area contributed by atoms with Crippen molar-refractivity contribution >= 4 is 30.0 Å². The molecule has 0 fully saturated rings. The summed E-state index contributed by atoms with van der Waals surface area (Å²) in [7, 11) is 0. The SMILES string of the molecule is O=C(Nc1ccccc1S)N1CCCc2ccccc21. The molecule has 1 N–H and O–H groups in total. The van der Waals surface area contributed by atoms with Crippen LogP contribution in [0.15, 0.2) is 53.4 Å². The van der Waals surface area contributed by atoms with E-state index in [1.807, 2.05) is 42.5 Å². The van der Waals surface area contributed by atoms with E-state index in [9.17, 15) is 4.79 Å². The maximum Gasteiger partial charge on any atom is 0.326 e. The number of amides is 2. The van der Waals surface area contributed by atoms with Crippen molar-refractivity contribution in [1.29, 1.82) is 0 Å². The van der Waals surface area contributed by atoms with Gasteiger partial charge in [0.15, 0.2) is 0 Å². The molecule has 4 heteroatoms. The molecule has 1 heterocycles. The molecule has 1 aliphatic rings. The molecule has 0 radical (unpaired) electrons. The normalized spacial score (nSPS) is 13.8. The molecule has 1 aliphatic heterocycles. The smallest absolute Gasteiger partial charge is 0.306 e. The lowest BCUT2D eigenvalue weighted by molar-refractivity contribution is 0.256. The van der Waals surface area contributed by atoms with E-state index in [2.05, 4.69) is 24.0 Å². The van der Waals surface area contributed by atoms with Gasteiger partial charge in [0.25, 0.3) is 0 Å². The van der Waals surface area contributed by atoms with Crippen molar-refractivity contribution < 1.29 is 4.79 Å². The monoisotopic (exact) mass is 284 g/mol. The topological polar surface area (TPSA) is 32.3 Å². The van der Waals surface area contributed by atoms with Crippen LogP contribution in [0, 0.1) is 0 Å². The van der Waals surface area contributed by atoms with Crippen LogP contribution < -0.4 is 10.2 Å². The number of nitrogens with one attached hydrogen (secondary N) is 1. The minimum Gasteiger partial charge on any atom is -0.306 e. The largest absolute Gasteiger partial charge is 0.326 e. The van der Waals surface area contributed by atoms with Crippen LogP contribution in [-0.4, -0.2) is 12.6 Å². The van der Waals surface area contributed by atoms with E-state index in [0.29, 0.717) is 0 Å². The third-order valence-electron chi connectivity index (χ3n) is 3.50. The second kappa shape index (κ2) is 5.59. The van der Waals surface area contributed by atoms with Crippen molar-refractivity contribution in [2.45, 2.75) is 17.7 Å². The Hall–Kier alpha value is -1.94. The number of fused-ring (bicyclic) bond motifs is 1. The standard InChI is InChI=1S/C16H16N2OS/c19-16(17-13-8-2-4-10-15(13)20)18-11-5-7-12-6-1-3-9-14(12)18/h1-4,6,8-10,20H,5,7,11H2,(H,17,19). The van der Waals surface area contributed by atoms with E-state index in [0.717, 1.165) is 35.7 Å². The number of hydrogen-bond donors (Lipinski definition) is 2. The molecule has 3 rings (SSSR count). The van der Waals surface area contributed by atoms with Crippen LogP contribution in [0.3, 0.4) is 0 Å². The van der Waals surface area contributed by atoms with Crippen molar-refractivity contribution in [3.8, 4) is 0 Å². The molecule has 2 aromatic rings. The summed E-state index contributed by atoms with van der Waals surface area (Å²) in [6, 6.07) is 15.5. The fourth-order valence-electron chi connectivity index (χ4n) is 2.51. The number of benzene rings is 2. The summed E-state index contributed by atoms with van der Waals surface area (Å²) in [4.78, 5) is 15.0. The fourth-order valence-corrected chi connectivity index (χ4v) is 2.72. The number of aryl methyl sites for hydroxylation is 1. The number of carbonyl (C=O) groups excluding carboxylic acids is 1. The van der Waals surface area contributed by atoms with Gasteiger partial charge in [-0.25, -0.2) is 4.79 Å². The van der Waals surface area contributed by atoms with Crippen molar-refractivity contribution in [3.63, 3.8) is 0 Å². The van der Waals surface area contributed by atoms with Crippen molar-refractivity contribution in [2.75, 3.05) is 16.8 Å². The number of nitrogens with zero attached hydrogens (tertiary/aromatic N) is 1. The number of thiol groups is 1. The Labute approximate surface area is 124 Å². The molecular weight excluding hydrogens is 268 g/mol. The van der Waals surface area contributed by atoms with Crippen LogP contribution in [0.1, 0.15) is 12.0 Å². The van der Waals surface area contributed by atoms with Crippen LogP contribution in [0.2, 0.25) is 0 Å².